The first kappa shape index (κ1) is 26.1. The van der Waals surface area contributed by atoms with Crippen molar-refractivity contribution in [2.24, 2.45) is 0 Å². The fourth-order valence-electron chi connectivity index (χ4n) is 4.20. The minimum atomic E-state index is -1.35. The molecule has 0 aliphatic rings. The summed E-state index contributed by atoms with van der Waals surface area (Å²) in [6, 6.07) is 38.3. The number of Topliss-reactive ketones (excluding diaryl/α,β-unsaturated/α-hetero) is 1. The molecule has 4 aromatic carbocycles. The highest BCUT2D eigenvalue weighted by Gasteiger charge is 2.44. The minimum Gasteiger partial charge on any atom is -0.382 e. The molecule has 2 atom stereocenters. The number of carbonyl (C=O) groups is 1. The van der Waals surface area contributed by atoms with Crippen LogP contribution in [0.15, 0.2) is 121 Å². The van der Waals surface area contributed by atoms with Gasteiger partial charge in [0.2, 0.25) is 0 Å². The average molecular weight is 467 g/mol. The number of benzene rings is 4. The van der Waals surface area contributed by atoms with E-state index in [-0.39, 0.29) is 5.78 Å². The molecule has 0 aliphatic carbocycles. The summed E-state index contributed by atoms with van der Waals surface area (Å²) in [7, 11) is 0. The van der Waals surface area contributed by atoms with Gasteiger partial charge in [-0.15, -0.1) is 0 Å². The molecule has 0 heterocycles. The quantitative estimate of drug-likeness (QED) is 0.346. The lowest BCUT2D eigenvalue weighted by molar-refractivity contribution is -0.143. The Kier molecular flexibility index (Phi) is 8.06. The first-order valence-electron chi connectivity index (χ1n) is 11.8. The Labute approximate surface area is 208 Å². The Morgan fingerprint density at radius 2 is 0.714 bits per heavy atom. The van der Waals surface area contributed by atoms with Gasteiger partial charge in [-0.3, -0.25) is 4.79 Å². The van der Waals surface area contributed by atoms with E-state index in [1.54, 1.807) is 20.8 Å². The second-order valence-electron chi connectivity index (χ2n) is 9.29. The molecule has 2 unspecified atom stereocenters. The molecule has 3 heteroatoms. The van der Waals surface area contributed by atoms with Crippen molar-refractivity contribution >= 4 is 5.78 Å². The van der Waals surface area contributed by atoms with Gasteiger partial charge in [-0.2, -0.15) is 0 Å². The number of hydrogen-bond acceptors (Lipinski definition) is 3. The van der Waals surface area contributed by atoms with Gasteiger partial charge in [-0.1, -0.05) is 121 Å². The Bertz CT molecular complexity index is 1110. The van der Waals surface area contributed by atoms with E-state index in [2.05, 4.69) is 0 Å². The van der Waals surface area contributed by atoms with E-state index in [1.807, 2.05) is 128 Å². The third-order valence-electron chi connectivity index (χ3n) is 7.03. The van der Waals surface area contributed by atoms with E-state index >= 15 is 0 Å². The molecule has 0 bridgehead atoms. The summed E-state index contributed by atoms with van der Waals surface area (Å²) in [6.07, 6.45) is 0. The zero-order chi connectivity index (χ0) is 25.5. The lowest BCUT2D eigenvalue weighted by Gasteiger charge is -2.39. The maximum Gasteiger partial charge on any atom is 0.144 e. The van der Waals surface area contributed by atoms with Crippen molar-refractivity contribution in [1.82, 2.24) is 0 Å². The van der Waals surface area contributed by atoms with Gasteiger partial charge in [0, 0.05) is 0 Å². The summed E-state index contributed by atoms with van der Waals surface area (Å²) < 4.78 is 0. The number of ketones is 1. The fourth-order valence-corrected chi connectivity index (χ4v) is 4.20. The zero-order valence-electron chi connectivity index (χ0n) is 20.8. The van der Waals surface area contributed by atoms with E-state index in [0.717, 1.165) is 11.1 Å². The second-order valence-corrected chi connectivity index (χ2v) is 9.29. The van der Waals surface area contributed by atoms with Crippen LogP contribution in [0.2, 0.25) is 0 Å². The number of carbonyl (C=O) groups excluding carboxylic acids is 1. The summed E-state index contributed by atoms with van der Waals surface area (Å²) in [6.45, 7) is 6.91. The third-order valence-corrected chi connectivity index (χ3v) is 7.03. The summed E-state index contributed by atoms with van der Waals surface area (Å²) in [4.78, 5) is 12.1. The molecular formula is C32H34O3. The Balaban J connectivity index is 0.000000196. The SMILES string of the molecule is CC(=O)C(C)(c1ccccc1)c1ccccc1.CC(O)(c1ccccc1)C(C)(O)c1ccccc1. The molecule has 2 N–H and O–H groups in total. The molecule has 0 amide bonds. The molecule has 0 radical (unpaired) electrons. The van der Waals surface area contributed by atoms with Crippen LogP contribution < -0.4 is 0 Å². The van der Waals surface area contributed by atoms with E-state index < -0.39 is 16.6 Å². The fraction of sp³-hybridized carbons (Fsp3) is 0.219. The van der Waals surface area contributed by atoms with Crippen LogP contribution in [0, 0.1) is 0 Å². The summed E-state index contributed by atoms with van der Waals surface area (Å²) in [5.41, 5.74) is 0.211. The molecule has 0 saturated heterocycles. The maximum absolute atomic E-state index is 12.1. The van der Waals surface area contributed by atoms with Gasteiger partial charge < -0.3 is 10.2 Å². The zero-order valence-corrected chi connectivity index (χ0v) is 20.8. The van der Waals surface area contributed by atoms with Gasteiger partial charge in [0.1, 0.15) is 17.0 Å². The second kappa shape index (κ2) is 10.8. The van der Waals surface area contributed by atoms with Gasteiger partial charge >= 0.3 is 0 Å². The van der Waals surface area contributed by atoms with Crippen LogP contribution >= 0.6 is 0 Å². The van der Waals surface area contributed by atoms with E-state index in [1.165, 1.54) is 0 Å². The minimum absolute atomic E-state index is 0.162. The predicted octanol–water partition coefficient (Wildman–Crippen LogP) is 6.38. The molecule has 180 valence electrons. The van der Waals surface area contributed by atoms with E-state index in [9.17, 15) is 15.0 Å². The van der Waals surface area contributed by atoms with Crippen LogP contribution in [0.5, 0.6) is 0 Å². The summed E-state index contributed by atoms with van der Waals surface area (Å²) >= 11 is 0. The van der Waals surface area contributed by atoms with E-state index in [4.69, 9.17) is 0 Å². The maximum atomic E-state index is 12.1. The predicted molar refractivity (Wildman–Crippen MR) is 142 cm³/mol. The van der Waals surface area contributed by atoms with Gasteiger partial charge in [0.25, 0.3) is 0 Å². The van der Waals surface area contributed by atoms with Crippen LogP contribution in [-0.4, -0.2) is 16.0 Å². The molecule has 0 aliphatic heterocycles. The number of hydrogen-bond donors (Lipinski definition) is 2. The highest BCUT2D eigenvalue weighted by molar-refractivity contribution is 5.91. The third kappa shape index (κ3) is 5.43. The Morgan fingerprint density at radius 1 is 0.486 bits per heavy atom. The van der Waals surface area contributed by atoms with E-state index in [0.29, 0.717) is 11.1 Å². The molecule has 0 aromatic heterocycles. The molecule has 35 heavy (non-hydrogen) atoms. The summed E-state index contributed by atoms with van der Waals surface area (Å²) in [5.74, 6) is 0.162. The summed E-state index contributed by atoms with van der Waals surface area (Å²) in [5, 5.41) is 21.4. The lowest BCUT2D eigenvalue weighted by atomic mass is 9.73. The molecule has 0 fully saturated rings. The van der Waals surface area contributed by atoms with Crippen LogP contribution in [0.1, 0.15) is 49.9 Å². The smallest absolute Gasteiger partial charge is 0.144 e. The number of aliphatic hydroxyl groups is 2. The molecule has 0 spiro atoms. The monoisotopic (exact) mass is 466 g/mol. The lowest BCUT2D eigenvalue weighted by Crippen LogP contribution is -2.45. The van der Waals surface area contributed by atoms with Gasteiger partial charge in [0.15, 0.2) is 0 Å². The van der Waals surface area contributed by atoms with Crippen molar-refractivity contribution in [2.45, 2.75) is 44.3 Å². The van der Waals surface area contributed by atoms with Gasteiger partial charge in [-0.05, 0) is 49.9 Å². The van der Waals surface area contributed by atoms with Crippen molar-refractivity contribution < 1.29 is 15.0 Å². The van der Waals surface area contributed by atoms with Crippen LogP contribution in [0.3, 0.4) is 0 Å². The number of rotatable bonds is 6. The van der Waals surface area contributed by atoms with Crippen molar-refractivity contribution in [3.63, 3.8) is 0 Å². The Hall–Kier alpha value is -3.53. The van der Waals surface area contributed by atoms with Crippen molar-refractivity contribution in [1.29, 1.82) is 0 Å². The normalized spacial score (nSPS) is 14.6. The first-order valence-corrected chi connectivity index (χ1v) is 11.8. The molecular weight excluding hydrogens is 432 g/mol. The van der Waals surface area contributed by atoms with Crippen molar-refractivity contribution in [3.05, 3.63) is 144 Å². The highest BCUT2D eigenvalue weighted by Crippen LogP contribution is 2.39. The van der Waals surface area contributed by atoms with Gasteiger partial charge in [-0.25, -0.2) is 0 Å². The molecule has 3 nitrogen and oxygen atoms in total. The topological polar surface area (TPSA) is 57.5 Å². The van der Waals surface area contributed by atoms with Crippen LogP contribution in [0.4, 0.5) is 0 Å². The van der Waals surface area contributed by atoms with Gasteiger partial charge in [0.05, 0.1) is 5.41 Å². The first-order chi connectivity index (χ1) is 16.6. The average Bonchev–Trinajstić information content (AvgIpc) is 2.90. The Morgan fingerprint density at radius 3 is 0.943 bits per heavy atom. The van der Waals surface area contributed by atoms with Crippen LogP contribution in [-0.2, 0) is 21.4 Å². The largest absolute Gasteiger partial charge is 0.382 e. The van der Waals surface area contributed by atoms with Crippen LogP contribution in [0.25, 0.3) is 0 Å². The molecule has 4 rings (SSSR count). The van der Waals surface area contributed by atoms with Crippen molar-refractivity contribution in [2.75, 3.05) is 0 Å². The highest BCUT2D eigenvalue weighted by atomic mass is 16.4. The molecule has 0 saturated carbocycles. The molecule has 4 aromatic rings. The standard InChI is InChI=1S/C16H18O2.C16H16O/c1-15(17,13-9-5-3-6-10-13)16(2,18)14-11-7-4-8-12-14;1-13(17)16(2,14-9-5-3-6-10-14)15-11-7-4-8-12-15/h3-12,17-18H,1-2H3;3-12H,1-2H3. The van der Waals surface area contributed by atoms with Crippen molar-refractivity contribution in [3.8, 4) is 0 Å².